The summed E-state index contributed by atoms with van der Waals surface area (Å²) >= 11 is 0. The molecule has 2 N–H and O–H groups in total. The van der Waals surface area contributed by atoms with Crippen LogP contribution in [-0.2, 0) is 9.59 Å². The van der Waals surface area contributed by atoms with Crippen molar-refractivity contribution in [3.8, 4) is 0 Å². The fourth-order valence-electron chi connectivity index (χ4n) is 5.96. The van der Waals surface area contributed by atoms with E-state index in [1.54, 1.807) is 12.1 Å². The summed E-state index contributed by atoms with van der Waals surface area (Å²) in [6, 6.07) is 13.1. The van der Waals surface area contributed by atoms with Crippen molar-refractivity contribution in [3.05, 3.63) is 59.2 Å². The van der Waals surface area contributed by atoms with E-state index in [0.717, 1.165) is 37.1 Å². The summed E-state index contributed by atoms with van der Waals surface area (Å²) in [6.07, 6.45) is 7.32. The second-order valence-corrected chi connectivity index (χ2v) is 10.8. The van der Waals surface area contributed by atoms with Crippen molar-refractivity contribution < 1.29 is 14.4 Å². The maximum absolute atomic E-state index is 13.8. The number of fused-ring (bicyclic) bond motifs is 1. The monoisotopic (exact) mass is 502 g/mol. The van der Waals surface area contributed by atoms with Gasteiger partial charge in [0.25, 0.3) is 5.91 Å². The summed E-state index contributed by atoms with van der Waals surface area (Å²) in [5.41, 5.74) is 3.82. The first-order valence-corrected chi connectivity index (χ1v) is 13.8. The molecular formula is C30H38N4O3. The summed E-state index contributed by atoms with van der Waals surface area (Å²) in [5.74, 6) is 0.449. The summed E-state index contributed by atoms with van der Waals surface area (Å²) in [5, 5.41) is 6.34. The van der Waals surface area contributed by atoms with Crippen LogP contribution >= 0.6 is 0 Å². The van der Waals surface area contributed by atoms with Gasteiger partial charge in [0.15, 0.2) is 0 Å². The number of hydrogen-bond acceptors (Lipinski definition) is 4. The second kappa shape index (κ2) is 11.5. The highest BCUT2D eigenvalue weighted by Gasteiger charge is 2.34. The molecule has 0 spiro atoms. The maximum atomic E-state index is 13.8. The Morgan fingerprint density at radius 2 is 1.76 bits per heavy atom. The Hall–Kier alpha value is -3.19. The number of hydrogen-bond donors (Lipinski definition) is 2. The largest absolute Gasteiger partial charge is 0.337 e. The molecule has 2 aromatic rings. The minimum atomic E-state index is -0.392. The van der Waals surface area contributed by atoms with E-state index in [2.05, 4.69) is 10.6 Å². The Morgan fingerprint density at radius 3 is 2.54 bits per heavy atom. The van der Waals surface area contributed by atoms with Crippen molar-refractivity contribution in [2.24, 2.45) is 5.92 Å². The summed E-state index contributed by atoms with van der Waals surface area (Å²) in [6.45, 7) is 5.07. The zero-order valence-corrected chi connectivity index (χ0v) is 21.8. The van der Waals surface area contributed by atoms with Crippen molar-refractivity contribution in [1.29, 1.82) is 0 Å². The smallest absolute Gasteiger partial charge is 0.253 e. The molecule has 2 fully saturated rings. The summed E-state index contributed by atoms with van der Waals surface area (Å²) < 4.78 is 0. The van der Waals surface area contributed by atoms with Crippen LogP contribution in [0.1, 0.15) is 78.9 Å². The SMILES string of the molecule is Cc1ccc(C2CC(=O)Nc3cc(C(=O)N4CCCNCC4)ccc3N2C(=O)CCC2CCCC2)cc1. The van der Waals surface area contributed by atoms with Crippen LogP contribution in [0.3, 0.4) is 0 Å². The molecule has 1 atom stereocenters. The third-order valence-electron chi connectivity index (χ3n) is 8.07. The van der Waals surface area contributed by atoms with Crippen molar-refractivity contribution >= 4 is 29.1 Å². The lowest BCUT2D eigenvalue weighted by Crippen LogP contribution is -2.35. The van der Waals surface area contributed by atoms with E-state index in [9.17, 15) is 14.4 Å². The third-order valence-corrected chi connectivity index (χ3v) is 8.07. The Bertz CT molecular complexity index is 1130. The highest BCUT2D eigenvalue weighted by atomic mass is 16.2. The van der Waals surface area contributed by atoms with Crippen LogP contribution < -0.4 is 15.5 Å². The van der Waals surface area contributed by atoms with Crippen molar-refractivity contribution in [3.63, 3.8) is 0 Å². The molecule has 5 rings (SSSR count). The van der Waals surface area contributed by atoms with Gasteiger partial charge in [0, 0.05) is 31.6 Å². The molecule has 1 saturated heterocycles. The van der Waals surface area contributed by atoms with Crippen molar-refractivity contribution in [1.82, 2.24) is 10.2 Å². The van der Waals surface area contributed by atoms with Gasteiger partial charge in [-0.15, -0.1) is 0 Å². The molecule has 0 aromatic heterocycles. The van der Waals surface area contributed by atoms with Gasteiger partial charge < -0.3 is 20.4 Å². The number of anilines is 2. The molecule has 0 bridgehead atoms. The van der Waals surface area contributed by atoms with Gasteiger partial charge >= 0.3 is 0 Å². The molecule has 1 unspecified atom stereocenters. The predicted octanol–water partition coefficient (Wildman–Crippen LogP) is 4.82. The fraction of sp³-hybridized carbons (Fsp3) is 0.500. The van der Waals surface area contributed by atoms with Gasteiger partial charge in [-0.2, -0.15) is 0 Å². The first-order valence-electron chi connectivity index (χ1n) is 13.8. The van der Waals surface area contributed by atoms with E-state index in [4.69, 9.17) is 0 Å². The average Bonchev–Trinajstić information content (AvgIpc) is 3.20. The van der Waals surface area contributed by atoms with Crippen LogP contribution in [0.15, 0.2) is 42.5 Å². The van der Waals surface area contributed by atoms with Gasteiger partial charge in [-0.3, -0.25) is 14.4 Å². The highest BCUT2D eigenvalue weighted by Crippen LogP contribution is 2.40. The zero-order chi connectivity index (χ0) is 25.8. The van der Waals surface area contributed by atoms with Crippen LogP contribution in [0.4, 0.5) is 11.4 Å². The molecule has 3 aliphatic rings. The highest BCUT2D eigenvalue weighted by molar-refractivity contribution is 6.06. The number of carbonyl (C=O) groups excluding carboxylic acids is 3. The quantitative estimate of drug-likeness (QED) is 0.614. The van der Waals surface area contributed by atoms with Gasteiger partial charge in [0.1, 0.15) is 0 Å². The normalized spacial score (nSPS) is 20.7. The van der Waals surface area contributed by atoms with Gasteiger partial charge in [-0.1, -0.05) is 55.5 Å². The van der Waals surface area contributed by atoms with Crippen molar-refractivity contribution in [2.45, 2.75) is 64.3 Å². The lowest BCUT2D eigenvalue weighted by molar-refractivity contribution is -0.119. The van der Waals surface area contributed by atoms with Crippen molar-refractivity contribution in [2.75, 3.05) is 36.4 Å². The molecular weight excluding hydrogens is 464 g/mol. The first-order chi connectivity index (χ1) is 18.0. The Labute approximate surface area is 219 Å². The Balaban J connectivity index is 1.48. The van der Waals surface area contributed by atoms with E-state index in [-0.39, 0.29) is 24.1 Å². The van der Waals surface area contributed by atoms with E-state index in [1.807, 2.05) is 47.1 Å². The molecule has 2 heterocycles. The minimum Gasteiger partial charge on any atom is -0.337 e. The molecule has 7 nitrogen and oxygen atoms in total. The second-order valence-electron chi connectivity index (χ2n) is 10.8. The molecule has 2 aliphatic heterocycles. The lowest BCUT2D eigenvalue weighted by Gasteiger charge is -2.31. The van der Waals surface area contributed by atoms with Crippen LogP contribution in [0, 0.1) is 12.8 Å². The molecule has 2 aromatic carbocycles. The van der Waals surface area contributed by atoms with Crippen LogP contribution in [0.5, 0.6) is 0 Å². The van der Waals surface area contributed by atoms with Crippen LogP contribution in [0.25, 0.3) is 0 Å². The number of amides is 3. The number of rotatable bonds is 5. The molecule has 37 heavy (non-hydrogen) atoms. The van der Waals surface area contributed by atoms with Gasteiger partial charge in [0.2, 0.25) is 11.8 Å². The third kappa shape index (κ3) is 5.87. The molecule has 1 saturated carbocycles. The van der Waals surface area contributed by atoms with Crippen LogP contribution in [-0.4, -0.2) is 48.8 Å². The molecule has 1 aliphatic carbocycles. The van der Waals surface area contributed by atoms with E-state index >= 15 is 0 Å². The Kier molecular flexibility index (Phi) is 7.89. The number of nitrogens with one attached hydrogen (secondary N) is 2. The van der Waals surface area contributed by atoms with Gasteiger partial charge in [-0.25, -0.2) is 0 Å². The lowest BCUT2D eigenvalue weighted by atomic mass is 9.97. The summed E-state index contributed by atoms with van der Waals surface area (Å²) in [4.78, 5) is 43.9. The number of carbonyl (C=O) groups is 3. The topological polar surface area (TPSA) is 81.8 Å². The van der Waals surface area contributed by atoms with Gasteiger partial charge in [-0.05, 0) is 56.0 Å². The number of benzene rings is 2. The van der Waals surface area contributed by atoms with Gasteiger partial charge in [0.05, 0.1) is 23.8 Å². The van der Waals surface area contributed by atoms with E-state index < -0.39 is 6.04 Å². The number of nitrogens with zero attached hydrogens (tertiary/aromatic N) is 2. The maximum Gasteiger partial charge on any atom is 0.253 e. The predicted molar refractivity (Wildman–Crippen MR) is 146 cm³/mol. The first kappa shape index (κ1) is 25.5. The summed E-state index contributed by atoms with van der Waals surface area (Å²) in [7, 11) is 0. The fourth-order valence-corrected chi connectivity index (χ4v) is 5.96. The molecule has 0 radical (unpaired) electrons. The number of aryl methyl sites for hydroxylation is 1. The molecule has 7 heteroatoms. The molecule has 196 valence electrons. The van der Waals surface area contributed by atoms with E-state index in [0.29, 0.717) is 42.4 Å². The standard InChI is InChI=1S/C30H38N4O3/c1-21-7-10-23(11-8-21)27-20-28(35)32-25-19-24(30(37)33-17-4-15-31-16-18-33)12-13-26(25)34(27)29(36)14-9-22-5-2-3-6-22/h7-8,10-13,19,22,27,31H,2-6,9,14-18,20H2,1H3,(H,32,35). The van der Waals surface area contributed by atoms with Crippen LogP contribution in [0.2, 0.25) is 0 Å². The minimum absolute atomic E-state index is 0.0351. The average molecular weight is 503 g/mol. The van der Waals surface area contributed by atoms with E-state index in [1.165, 1.54) is 25.7 Å². The molecule has 3 amide bonds. The zero-order valence-electron chi connectivity index (χ0n) is 21.8. The Morgan fingerprint density at radius 1 is 0.973 bits per heavy atom.